The second-order valence-corrected chi connectivity index (χ2v) is 7.43. The number of amides is 1. The maximum Gasteiger partial charge on any atom is 0.270 e. The molecule has 27 heavy (non-hydrogen) atoms. The number of aromatic nitrogens is 2. The van der Waals surface area contributed by atoms with E-state index in [1.807, 2.05) is 30.3 Å². The topological polar surface area (TPSA) is 66.9 Å². The Kier molecular flexibility index (Phi) is 5.50. The Morgan fingerprint density at radius 2 is 1.78 bits per heavy atom. The first kappa shape index (κ1) is 18.6. The minimum Gasteiger partial charge on any atom is -0.355 e. The van der Waals surface area contributed by atoms with Crippen LogP contribution in [0.3, 0.4) is 0 Å². The smallest absolute Gasteiger partial charge is 0.270 e. The van der Waals surface area contributed by atoms with E-state index in [1.165, 1.54) is 5.56 Å². The normalized spacial score (nSPS) is 11.1. The summed E-state index contributed by atoms with van der Waals surface area (Å²) in [5.41, 5.74) is 4.50. The van der Waals surface area contributed by atoms with Crippen LogP contribution in [0.15, 0.2) is 67.1 Å². The lowest BCUT2D eigenvalue weighted by atomic mass is 9.87. The zero-order valence-corrected chi connectivity index (χ0v) is 15.9. The summed E-state index contributed by atoms with van der Waals surface area (Å²) in [5.74, 6) is -0.217. The number of carbonyl (C=O) groups excluding carboxylic acids is 1. The molecule has 0 unspecified atom stereocenters. The van der Waals surface area contributed by atoms with Crippen molar-refractivity contribution in [3.05, 3.63) is 83.9 Å². The van der Waals surface area contributed by atoms with E-state index in [9.17, 15) is 4.79 Å². The Balaban J connectivity index is 1.65. The van der Waals surface area contributed by atoms with Gasteiger partial charge in [0.25, 0.3) is 5.91 Å². The van der Waals surface area contributed by atoms with E-state index in [0.29, 0.717) is 12.2 Å². The van der Waals surface area contributed by atoms with Gasteiger partial charge in [-0.2, -0.15) is 0 Å². The number of rotatable bonds is 5. The second kappa shape index (κ2) is 7.99. The molecule has 0 bridgehead atoms. The molecule has 0 aliphatic rings. The molecule has 5 heteroatoms. The van der Waals surface area contributed by atoms with Gasteiger partial charge in [-0.3, -0.25) is 14.8 Å². The summed E-state index contributed by atoms with van der Waals surface area (Å²) in [6, 6.07) is 15.7. The number of hydrogen-bond donors (Lipinski definition) is 2. The van der Waals surface area contributed by atoms with Crippen LogP contribution >= 0.6 is 0 Å². The van der Waals surface area contributed by atoms with Gasteiger partial charge in [-0.25, -0.2) is 0 Å². The summed E-state index contributed by atoms with van der Waals surface area (Å²) in [4.78, 5) is 20.6. The van der Waals surface area contributed by atoms with E-state index in [2.05, 4.69) is 53.5 Å². The number of benzene rings is 1. The molecule has 2 aromatic heterocycles. The van der Waals surface area contributed by atoms with Gasteiger partial charge in [-0.05, 0) is 46.9 Å². The third-order valence-electron chi connectivity index (χ3n) is 4.21. The van der Waals surface area contributed by atoms with Gasteiger partial charge in [-0.1, -0.05) is 39.0 Å². The van der Waals surface area contributed by atoms with Crippen molar-refractivity contribution in [2.24, 2.45) is 0 Å². The van der Waals surface area contributed by atoms with Gasteiger partial charge in [0.1, 0.15) is 5.69 Å². The number of nitrogens with zero attached hydrogens (tertiary/aromatic N) is 2. The van der Waals surface area contributed by atoms with Crippen LogP contribution in [0.25, 0.3) is 0 Å². The minimum atomic E-state index is -0.217. The molecule has 138 valence electrons. The molecule has 2 N–H and O–H groups in total. The van der Waals surface area contributed by atoms with Gasteiger partial charge in [0.05, 0.1) is 0 Å². The van der Waals surface area contributed by atoms with Crippen LogP contribution in [-0.4, -0.2) is 15.9 Å². The fourth-order valence-electron chi connectivity index (χ4n) is 2.63. The van der Waals surface area contributed by atoms with Gasteiger partial charge in [0, 0.05) is 36.5 Å². The number of pyridine rings is 2. The lowest BCUT2D eigenvalue weighted by Gasteiger charge is -2.19. The number of nitrogens with one attached hydrogen (secondary N) is 2. The summed E-state index contributed by atoms with van der Waals surface area (Å²) in [6.07, 6.45) is 5.06. The predicted molar refractivity (Wildman–Crippen MR) is 108 cm³/mol. The van der Waals surface area contributed by atoms with Gasteiger partial charge < -0.3 is 10.6 Å². The van der Waals surface area contributed by atoms with Crippen LogP contribution in [0.1, 0.15) is 42.4 Å². The maximum atomic E-state index is 12.4. The molecule has 5 nitrogen and oxygen atoms in total. The first-order chi connectivity index (χ1) is 12.9. The summed E-state index contributed by atoms with van der Waals surface area (Å²) in [5, 5.41) is 6.18. The van der Waals surface area contributed by atoms with Crippen molar-refractivity contribution in [3.8, 4) is 0 Å². The molecule has 0 saturated heterocycles. The van der Waals surface area contributed by atoms with Crippen molar-refractivity contribution in [1.82, 2.24) is 15.3 Å². The molecule has 1 amide bonds. The first-order valence-electron chi connectivity index (χ1n) is 8.92. The zero-order chi connectivity index (χ0) is 19.3. The molecule has 0 radical (unpaired) electrons. The van der Waals surface area contributed by atoms with E-state index in [1.54, 1.807) is 24.7 Å². The molecule has 3 aromatic rings. The van der Waals surface area contributed by atoms with Crippen molar-refractivity contribution in [3.63, 3.8) is 0 Å². The highest BCUT2D eigenvalue weighted by Crippen LogP contribution is 2.25. The number of anilines is 2. The maximum absolute atomic E-state index is 12.4. The predicted octanol–water partition coefficient (Wildman–Crippen LogP) is 4.45. The Morgan fingerprint density at radius 1 is 1.00 bits per heavy atom. The first-order valence-corrected chi connectivity index (χ1v) is 8.92. The molecule has 3 rings (SSSR count). The number of hydrogen-bond acceptors (Lipinski definition) is 4. The van der Waals surface area contributed by atoms with Gasteiger partial charge in [0.2, 0.25) is 0 Å². The van der Waals surface area contributed by atoms with Crippen LogP contribution in [0, 0.1) is 0 Å². The molecular weight excluding hydrogens is 336 g/mol. The van der Waals surface area contributed by atoms with Crippen LogP contribution < -0.4 is 10.6 Å². The molecule has 1 aromatic carbocycles. The molecule has 0 aliphatic carbocycles. The third kappa shape index (κ3) is 5.14. The molecule has 2 heterocycles. The lowest BCUT2D eigenvalue weighted by molar-refractivity contribution is 0.0946. The SMILES string of the molecule is CC(C)(C)c1ccc(Nc2ccnc(C(=O)NCc3cccnc3)c2)cc1. The quantitative estimate of drug-likeness (QED) is 0.705. The average molecular weight is 360 g/mol. The molecule has 0 atom stereocenters. The summed E-state index contributed by atoms with van der Waals surface area (Å²) >= 11 is 0. The Bertz CT molecular complexity index is 900. The highest BCUT2D eigenvalue weighted by atomic mass is 16.1. The van der Waals surface area contributed by atoms with Gasteiger partial charge in [-0.15, -0.1) is 0 Å². The van der Waals surface area contributed by atoms with Crippen molar-refractivity contribution < 1.29 is 4.79 Å². The van der Waals surface area contributed by atoms with E-state index in [4.69, 9.17) is 0 Å². The summed E-state index contributed by atoms with van der Waals surface area (Å²) in [6.45, 7) is 6.98. The largest absolute Gasteiger partial charge is 0.355 e. The number of carbonyl (C=O) groups is 1. The van der Waals surface area contributed by atoms with E-state index in [0.717, 1.165) is 16.9 Å². The highest BCUT2D eigenvalue weighted by molar-refractivity contribution is 5.93. The van der Waals surface area contributed by atoms with Crippen LogP contribution in [-0.2, 0) is 12.0 Å². The van der Waals surface area contributed by atoms with Crippen LogP contribution in [0.4, 0.5) is 11.4 Å². The van der Waals surface area contributed by atoms with Crippen molar-refractivity contribution in [2.75, 3.05) is 5.32 Å². The third-order valence-corrected chi connectivity index (χ3v) is 4.21. The second-order valence-electron chi connectivity index (χ2n) is 7.43. The molecular formula is C22H24N4O. The summed E-state index contributed by atoms with van der Waals surface area (Å²) < 4.78 is 0. The average Bonchev–Trinajstić information content (AvgIpc) is 2.67. The molecule has 0 fully saturated rings. The molecule has 0 saturated carbocycles. The summed E-state index contributed by atoms with van der Waals surface area (Å²) in [7, 11) is 0. The molecule has 0 spiro atoms. The van der Waals surface area contributed by atoms with Gasteiger partial charge >= 0.3 is 0 Å². The van der Waals surface area contributed by atoms with E-state index in [-0.39, 0.29) is 11.3 Å². The van der Waals surface area contributed by atoms with E-state index >= 15 is 0 Å². The van der Waals surface area contributed by atoms with Gasteiger partial charge in [0.15, 0.2) is 0 Å². The van der Waals surface area contributed by atoms with Crippen molar-refractivity contribution in [1.29, 1.82) is 0 Å². The highest BCUT2D eigenvalue weighted by Gasteiger charge is 2.13. The Morgan fingerprint density at radius 3 is 2.44 bits per heavy atom. The zero-order valence-electron chi connectivity index (χ0n) is 15.9. The fraction of sp³-hybridized carbons (Fsp3) is 0.227. The van der Waals surface area contributed by atoms with Crippen molar-refractivity contribution >= 4 is 17.3 Å². The van der Waals surface area contributed by atoms with Crippen molar-refractivity contribution in [2.45, 2.75) is 32.7 Å². The lowest BCUT2D eigenvalue weighted by Crippen LogP contribution is -2.23. The molecule has 0 aliphatic heterocycles. The Labute approximate surface area is 159 Å². The fourth-order valence-corrected chi connectivity index (χ4v) is 2.63. The van der Waals surface area contributed by atoms with E-state index < -0.39 is 0 Å². The minimum absolute atomic E-state index is 0.120. The standard InChI is InChI=1S/C22H24N4O/c1-22(2,3)17-6-8-18(9-7-17)26-19-10-12-24-20(13-19)21(27)25-15-16-5-4-11-23-14-16/h4-14H,15H2,1-3H3,(H,24,26)(H,25,27). The Hall–Kier alpha value is -3.21. The monoisotopic (exact) mass is 360 g/mol. The van der Waals surface area contributed by atoms with Crippen LogP contribution in [0.2, 0.25) is 0 Å². The van der Waals surface area contributed by atoms with Crippen LogP contribution in [0.5, 0.6) is 0 Å².